The molecule has 5 aromatic rings. The van der Waals surface area contributed by atoms with E-state index in [0.717, 1.165) is 29.4 Å². The number of nitriles is 1. The Morgan fingerprint density at radius 2 is 2.02 bits per heavy atom. The monoisotopic (exact) mass is 622 g/mol. The van der Waals surface area contributed by atoms with Gasteiger partial charge in [0.05, 0.1) is 29.4 Å². The van der Waals surface area contributed by atoms with E-state index in [2.05, 4.69) is 32.0 Å². The molecule has 11 heteroatoms. The molecule has 0 aliphatic carbocycles. The summed E-state index contributed by atoms with van der Waals surface area (Å²) in [6.07, 6.45) is 7.89. The van der Waals surface area contributed by atoms with Gasteiger partial charge in [-0.1, -0.05) is 42.4 Å². The molecule has 2 saturated heterocycles. The molecule has 7 rings (SSSR count). The van der Waals surface area contributed by atoms with Crippen molar-refractivity contribution in [1.29, 1.82) is 5.26 Å². The minimum atomic E-state index is -0.509. The fourth-order valence-electron chi connectivity index (χ4n) is 6.85. The number of imidazole rings is 1. The lowest BCUT2D eigenvalue weighted by molar-refractivity contribution is -0.130. The van der Waals surface area contributed by atoms with Crippen LogP contribution < -0.4 is 4.90 Å². The smallest absolute Gasteiger partial charge is 0.246 e. The Labute approximate surface area is 265 Å². The summed E-state index contributed by atoms with van der Waals surface area (Å²) < 4.78 is 19.0. The summed E-state index contributed by atoms with van der Waals surface area (Å²) in [5, 5.41) is 12.1. The van der Waals surface area contributed by atoms with Gasteiger partial charge in [0.15, 0.2) is 11.6 Å². The van der Waals surface area contributed by atoms with Gasteiger partial charge in [-0.25, -0.2) is 14.4 Å². The van der Waals surface area contributed by atoms with Crippen molar-refractivity contribution in [3.8, 4) is 17.2 Å². The van der Waals surface area contributed by atoms with E-state index in [0.29, 0.717) is 47.7 Å². The number of hydrogen-bond donors (Lipinski definition) is 0. The molecular weight excluding hydrogens is 591 g/mol. The molecule has 1 amide bonds. The third-order valence-electron chi connectivity index (χ3n) is 9.37. The molecule has 2 aromatic carbocycles. The average Bonchev–Trinajstić information content (AvgIpc) is 3.46. The van der Waals surface area contributed by atoms with Crippen LogP contribution in [0.2, 0.25) is 5.02 Å². The van der Waals surface area contributed by atoms with Crippen molar-refractivity contribution in [1.82, 2.24) is 29.3 Å². The molecule has 45 heavy (non-hydrogen) atoms. The van der Waals surface area contributed by atoms with Crippen molar-refractivity contribution in [2.24, 2.45) is 0 Å². The molecule has 228 valence electrons. The maximum Gasteiger partial charge on any atom is 0.246 e. The number of carbonyl (C=O) groups excluding carboxylic acids is 1. The van der Waals surface area contributed by atoms with E-state index in [1.807, 2.05) is 38.4 Å². The summed E-state index contributed by atoms with van der Waals surface area (Å²) in [5.74, 6) is -0.0610. The largest absolute Gasteiger partial charge is 0.351 e. The van der Waals surface area contributed by atoms with Crippen LogP contribution in [-0.2, 0) is 4.79 Å². The summed E-state index contributed by atoms with van der Waals surface area (Å²) in [4.78, 5) is 32.8. The highest BCUT2D eigenvalue weighted by atomic mass is 35.5. The quantitative estimate of drug-likeness (QED) is 0.215. The van der Waals surface area contributed by atoms with Gasteiger partial charge in [0.2, 0.25) is 5.91 Å². The lowest BCUT2D eigenvalue weighted by Crippen LogP contribution is -2.57. The van der Waals surface area contributed by atoms with Crippen LogP contribution in [0.3, 0.4) is 0 Å². The van der Waals surface area contributed by atoms with E-state index in [9.17, 15) is 10.1 Å². The Morgan fingerprint density at radius 1 is 1.22 bits per heavy atom. The van der Waals surface area contributed by atoms with Gasteiger partial charge in [0.1, 0.15) is 11.0 Å². The van der Waals surface area contributed by atoms with Gasteiger partial charge in [0.25, 0.3) is 0 Å². The molecule has 0 bridgehead atoms. The van der Waals surface area contributed by atoms with Crippen molar-refractivity contribution in [3.05, 3.63) is 72.5 Å². The number of anilines is 1. The van der Waals surface area contributed by atoms with E-state index in [4.69, 9.17) is 21.6 Å². The minimum Gasteiger partial charge on any atom is -0.351 e. The SMILES string of the molecule is C=CC(=O)N1CCC(n2cnc3c(N4CC(N(C)C)C4)nc4c(F)c(-c5cncc6ccccc56)c(Cl)cc4c32)CC1CC#N. The van der Waals surface area contributed by atoms with Gasteiger partial charge in [0, 0.05) is 72.1 Å². The first-order valence-electron chi connectivity index (χ1n) is 15.0. The van der Waals surface area contributed by atoms with Crippen LogP contribution in [0, 0.1) is 17.1 Å². The van der Waals surface area contributed by atoms with Crippen molar-refractivity contribution in [2.45, 2.75) is 37.4 Å². The Balaban J connectivity index is 1.43. The van der Waals surface area contributed by atoms with Crippen LogP contribution in [-0.4, -0.2) is 81.0 Å². The Bertz CT molecular complexity index is 2020. The van der Waals surface area contributed by atoms with Gasteiger partial charge in [-0.15, -0.1) is 0 Å². The molecule has 2 atom stereocenters. The summed E-state index contributed by atoms with van der Waals surface area (Å²) in [6.45, 7) is 5.60. The number of rotatable bonds is 6. The fourth-order valence-corrected chi connectivity index (χ4v) is 7.15. The fraction of sp³-hybridized carbons (Fsp3) is 0.324. The zero-order valence-electron chi connectivity index (χ0n) is 25.1. The van der Waals surface area contributed by atoms with Crippen LogP contribution in [0.4, 0.5) is 10.2 Å². The van der Waals surface area contributed by atoms with Crippen LogP contribution in [0.25, 0.3) is 43.8 Å². The number of amides is 1. The first-order chi connectivity index (χ1) is 21.8. The number of nitrogens with zero attached hydrogens (tertiary/aromatic N) is 8. The third-order valence-corrected chi connectivity index (χ3v) is 9.66. The molecule has 0 spiro atoms. The van der Waals surface area contributed by atoms with Gasteiger partial charge in [-0.3, -0.25) is 9.78 Å². The van der Waals surface area contributed by atoms with Crippen molar-refractivity contribution in [2.75, 3.05) is 38.6 Å². The molecule has 0 radical (unpaired) electrons. The summed E-state index contributed by atoms with van der Waals surface area (Å²) >= 11 is 6.95. The lowest BCUT2D eigenvalue weighted by atomic mass is 9.94. The topological polar surface area (TPSA) is 94.2 Å². The molecule has 2 fully saturated rings. The van der Waals surface area contributed by atoms with E-state index >= 15 is 4.39 Å². The van der Waals surface area contributed by atoms with Gasteiger partial charge in [-0.2, -0.15) is 5.26 Å². The number of hydrogen-bond acceptors (Lipinski definition) is 7. The zero-order valence-corrected chi connectivity index (χ0v) is 25.9. The maximum atomic E-state index is 16.9. The second-order valence-electron chi connectivity index (χ2n) is 12.1. The normalized spacial score (nSPS) is 18.9. The Morgan fingerprint density at radius 3 is 2.78 bits per heavy atom. The highest BCUT2D eigenvalue weighted by Crippen LogP contribution is 2.43. The van der Waals surface area contributed by atoms with Crippen LogP contribution in [0.1, 0.15) is 25.3 Å². The number of likely N-dealkylation sites (tertiary alicyclic amines) is 1. The van der Waals surface area contributed by atoms with Gasteiger partial charge < -0.3 is 19.3 Å². The molecule has 3 aromatic heterocycles. The molecular formula is C34H32ClFN8O. The second-order valence-corrected chi connectivity index (χ2v) is 12.5. The second kappa shape index (κ2) is 11.4. The average molecular weight is 623 g/mol. The predicted molar refractivity (Wildman–Crippen MR) is 175 cm³/mol. The van der Waals surface area contributed by atoms with Crippen molar-refractivity contribution in [3.63, 3.8) is 0 Å². The van der Waals surface area contributed by atoms with Crippen LogP contribution >= 0.6 is 11.6 Å². The highest BCUT2D eigenvalue weighted by Gasteiger charge is 2.35. The Hall–Kier alpha value is -4.59. The third kappa shape index (κ3) is 4.78. The molecule has 9 nitrogen and oxygen atoms in total. The van der Waals surface area contributed by atoms with E-state index < -0.39 is 5.82 Å². The number of aromatic nitrogens is 4. The molecule has 0 saturated carbocycles. The summed E-state index contributed by atoms with van der Waals surface area (Å²) in [5.41, 5.74) is 2.50. The minimum absolute atomic E-state index is 0.0737. The van der Waals surface area contributed by atoms with E-state index in [1.165, 1.54) is 6.08 Å². The number of likely N-dealkylation sites (N-methyl/N-ethyl adjacent to an activating group) is 1. The number of piperidine rings is 1. The van der Waals surface area contributed by atoms with Gasteiger partial charge >= 0.3 is 0 Å². The maximum absolute atomic E-state index is 16.9. The van der Waals surface area contributed by atoms with Crippen LogP contribution in [0.15, 0.2) is 61.7 Å². The zero-order chi connectivity index (χ0) is 31.4. The standard InChI is InChI=1S/C34H32ClFN8O/c1-4-28(45)43-12-10-22(13-21(43)9-11-37)44-19-39-32-33(44)25-14-27(35)29(26-16-38-15-20-7-5-6-8-24(20)26)30(36)31(25)40-34(32)42-17-23(18-42)41(2)3/h4-8,14-16,19,21-23H,1,9-10,12-13,17-18H2,2-3H3. The Kier molecular flexibility index (Phi) is 7.38. The van der Waals surface area contributed by atoms with E-state index in [1.54, 1.807) is 29.7 Å². The van der Waals surface area contributed by atoms with Crippen molar-refractivity contribution < 1.29 is 9.18 Å². The number of fused-ring (bicyclic) bond motifs is 4. The molecule has 5 heterocycles. The number of carbonyl (C=O) groups is 1. The summed E-state index contributed by atoms with van der Waals surface area (Å²) in [6, 6.07) is 11.7. The first kappa shape index (κ1) is 29.1. The highest BCUT2D eigenvalue weighted by molar-refractivity contribution is 6.35. The van der Waals surface area contributed by atoms with Gasteiger partial charge in [-0.05, 0) is 44.5 Å². The first-order valence-corrected chi connectivity index (χ1v) is 15.4. The number of pyridine rings is 2. The predicted octanol–water partition coefficient (Wildman–Crippen LogP) is 5.97. The number of halogens is 2. The molecule has 2 aliphatic heterocycles. The lowest BCUT2D eigenvalue weighted by Gasteiger charge is -2.43. The summed E-state index contributed by atoms with van der Waals surface area (Å²) in [7, 11) is 4.10. The molecule has 0 N–H and O–H groups in total. The van der Waals surface area contributed by atoms with Crippen LogP contribution in [0.5, 0.6) is 0 Å². The molecule has 2 unspecified atom stereocenters. The number of benzene rings is 2. The van der Waals surface area contributed by atoms with Crippen molar-refractivity contribution >= 4 is 56.0 Å². The van der Waals surface area contributed by atoms with E-state index in [-0.39, 0.29) is 40.5 Å². The molecule has 2 aliphatic rings.